The Morgan fingerprint density at radius 1 is 0.655 bits per heavy atom. The van der Waals surface area contributed by atoms with E-state index in [1.165, 1.54) is 0 Å². The average molecular weight is 447 g/mol. The minimum absolute atomic E-state index is 0.939. The fraction of sp³-hybridized carbons (Fsp3) is 0. The van der Waals surface area contributed by atoms with Gasteiger partial charge in [0.2, 0.25) is 0 Å². The van der Waals surface area contributed by atoms with E-state index >= 15 is 0 Å². The Bertz CT molecular complexity index is 1220. The Balaban J connectivity index is 0.000000369. The van der Waals surface area contributed by atoms with Gasteiger partial charge in [-0.2, -0.15) is 0 Å². The first-order valence-electron chi connectivity index (χ1n) is 8.51. The van der Waals surface area contributed by atoms with Crippen molar-refractivity contribution in [3.05, 3.63) is 71.3 Å². The average Bonchev–Trinajstić information content (AvgIpc) is 3.38. The van der Waals surface area contributed by atoms with Gasteiger partial charge in [-0.1, -0.05) is 0 Å². The molecule has 5 heterocycles. The molecule has 2 aliphatic heterocycles. The van der Waals surface area contributed by atoms with Gasteiger partial charge in [0.1, 0.15) is 0 Å². The number of rotatable bonds is 0. The van der Waals surface area contributed by atoms with Crippen molar-refractivity contribution >= 4 is 54.9 Å². The first-order valence-corrected chi connectivity index (χ1v) is 11.2. The summed E-state index contributed by atoms with van der Waals surface area (Å²) in [6.45, 7) is 0. The first kappa shape index (κ1) is 19.4. The van der Waals surface area contributed by atoms with Gasteiger partial charge in [-0.3, -0.25) is 0 Å². The van der Waals surface area contributed by atoms with Crippen molar-refractivity contribution in [1.29, 1.82) is 0 Å². The normalized spacial score (nSPS) is 12.5. The molecule has 3 aromatic heterocycles. The SMILES string of the molecule is C1=Cc2cc3ccc(cc4nc(cc5ccc(cc1n2)[nH]5)C=C4)[nH]3.O=[S](=O)(O)[Fe]. The van der Waals surface area contributed by atoms with Crippen LogP contribution in [0, 0.1) is 0 Å². The van der Waals surface area contributed by atoms with Gasteiger partial charge in [0, 0.05) is 22.1 Å². The van der Waals surface area contributed by atoms with Gasteiger partial charge < -0.3 is 9.97 Å². The third-order valence-corrected chi connectivity index (χ3v) is 4.04. The standard InChI is InChI=1S/C20H14N4.Fe.HO3S/c1-2-14-10-16-5-6-18(23-16)12-20-8-7-19(24-20)11-17-4-3-15(22-17)9-13(1)21-14;;1-4(2)3/h1-12,21,24H;;(H,1,2,3). The molecule has 3 aromatic rings. The molecule has 0 saturated carbocycles. The molecule has 29 heavy (non-hydrogen) atoms. The van der Waals surface area contributed by atoms with E-state index in [0.29, 0.717) is 0 Å². The van der Waals surface area contributed by atoms with E-state index in [4.69, 9.17) is 13.0 Å². The Morgan fingerprint density at radius 2 is 0.897 bits per heavy atom. The van der Waals surface area contributed by atoms with Crippen molar-refractivity contribution in [3.8, 4) is 0 Å². The van der Waals surface area contributed by atoms with E-state index in [1.54, 1.807) is 0 Å². The van der Waals surface area contributed by atoms with Crippen LogP contribution in [-0.2, 0) is 23.4 Å². The van der Waals surface area contributed by atoms with Crippen LogP contribution in [0.5, 0.6) is 0 Å². The van der Waals surface area contributed by atoms with E-state index in [-0.39, 0.29) is 0 Å². The molecular formula is C20H15FeN4O3S. The number of aromatic nitrogens is 4. The van der Waals surface area contributed by atoms with Crippen molar-refractivity contribution in [2.45, 2.75) is 0 Å². The van der Waals surface area contributed by atoms with Crippen LogP contribution in [0.4, 0.5) is 0 Å². The van der Waals surface area contributed by atoms with Gasteiger partial charge in [0.15, 0.2) is 0 Å². The Hall–Kier alpha value is -2.97. The number of nitrogens with one attached hydrogen (secondary N) is 2. The van der Waals surface area contributed by atoms with Gasteiger partial charge in [0.25, 0.3) is 0 Å². The molecule has 0 atom stereocenters. The summed E-state index contributed by atoms with van der Waals surface area (Å²) in [6.07, 6.45) is 8.09. The molecule has 3 N–H and O–H groups in total. The predicted octanol–water partition coefficient (Wildman–Crippen LogP) is 3.99. The van der Waals surface area contributed by atoms with E-state index in [0.717, 1.165) is 44.8 Å². The molecule has 5 rings (SSSR count). The van der Waals surface area contributed by atoms with Crippen LogP contribution in [0.1, 0.15) is 22.8 Å². The summed E-state index contributed by atoms with van der Waals surface area (Å²) in [5, 5.41) is 0. The number of fused-ring (bicyclic) bond motifs is 8. The molecular weight excluding hydrogens is 432 g/mol. The fourth-order valence-electron chi connectivity index (χ4n) is 2.94. The van der Waals surface area contributed by atoms with Gasteiger partial charge in [-0.15, -0.1) is 0 Å². The number of H-pyrrole nitrogens is 2. The van der Waals surface area contributed by atoms with Crippen LogP contribution in [0.3, 0.4) is 0 Å². The second-order valence-corrected chi connectivity index (χ2v) is 8.81. The Morgan fingerprint density at radius 3 is 1.14 bits per heavy atom. The summed E-state index contributed by atoms with van der Waals surface area (Å²) in [5.74, 6) is 0. The van der Waals surface area contributed by atoms with Gasteiger partial charge in [0.05, 0.1) is 22.8 Å². The molecule has 0 aliphatic carbocycles. The van der Waals surface area contributed by atoms with Gasteiger partial charge in [-0.25, -0.2) is 9.97 Å². The van der Waals surface area contributed by atoms with Crippen LogP contribution in [0.25, 0.3) is 46.4 Å². The zero-order chi connectivity index (χ0) is 20.4. The maximum atomic E-state index is 9.08. The molecule has 0 unspecified atom stereocenters. The van der Waals surface area contributed by atoms with E-state index < -0.39 is 8.54 Å². The van der Waals surface area contributed by atoms with Crippen LogP contribution in [0.15, 0.2) is 48.5 Å². The number of nitrogens with zero attached hydrogens (tertiary/aromatic N) is 2. The summed E-state index contributed by atoms with van der Waals surface area (Å²) in [6, 6.07) is 16.4. The molecule has 0 saturated heterocycles. The molecule has 8 bridgehead atoms. The number of hydrogen-bond acceptors (Lipinski definition) is 4. The number of hydrogen-bond donors (Lipinski definition) is 3. The monoisotopic (exact) mass is 447 g/mol. The van der Waals surface area contributed by atoms with Gasteiger partial charge in [-0.05, 0) is 72.8 Å². The van der Waals surface area contributed by atoms with Gasteiger partial charge >= 0.3 is 36.4 Å². The molecule has 147 valence electrons. The molecule has 7 nitrogen and oxygen atoms in total. The molecule has 0 amide bonds. The zero-order valence-electron chi connectivity index (χ0n) is 14.8. The van der Waals surface area contributed by atoms with Crippen LogP contribution < -0.4 is 0 Å². The van der Waals surface area contributed by atoms with E-state index in [9.17, 15) is 0 Å². The van der Waals surface area contributed by atoms with Crippen molar-refractivity contribution in [1.82, 2.24) is 19.9 Å². The summed E-state index contributed by atoms with van der Waals surface area (Å²) in [5.41, 5.74) is 7.86. The third-order valence-electron chi connectivity index (χ3n) is 4.04. The fourth-order valence-corrected chi connectivity index (χ4v) is 2.94. The Kier molecular flexibility index (Phi) is 5.21. The van der Waals surface area contributed by atoms with Crippen molar-refractivity contribution < 1.29 is 27.9 Å². The quantitative estimate of drug-likeness (QED) is 0.246. The Labute approximate surface area is 173 Å². The number of aromatic amines is 2. The summed E-state index contributed by atoms with van der Waals surface area (Å²) >= 11 is 2.30. The first-order chi connectivity index (χ1) is 13.8. The summed E-state index contributed by atoms with van der Waals surface area (Å²) in [7, 11) is -3.92. The molecule has 2 aliphatic rings. The second-order valence-electron chi connectivity index (χ2n) is 6.30. The van der Waals surface area contributed by atoms with Crippen LogP contribution in [-0.4, -0.2) is 32.9 Å². The van der Waals surface area contributed by atoms with Crippen molar-refractivity contribution in [2.24, 2.45) is 0 Å². The molecule has 0 aromatic carbocycles. The second kappa shape index (κ2) is 7.81. The molecule has 0 spiro atoms. The summed E-state index contributed by atoms with van der Waals surface area (Å²) < 4.78 is 25.5. The summed E-state index contributed by atoms with van der Waals surface area (Å²) in [4.78, 5) is 16.0. The molecule has 0 fully saturated rings. The van der Waals surface area contributed by atoms with Crippen LogP contribution >= 0.6 is 0 Å². The van der Waals surface area contributed by atoms with E-state index in [2.05, 4.69) is 59.1 Å². The minimum atomic E-state index is -3.92. The molecule has 9 heteroatoms. The predicted molar refractivity (Wildman–Crippen MR) is 110 cm³/mol. The topological polar surface area (TPSA) is 112 Å². The van der Waals surface area contributed by atoms with Crippen LogP contribution in [0.2, 0.25) is 0 Å². The third kappa shape index (κ3) is 5.52. The maximum absolute atomic E-state index is 9.08. The molecule has 0 radical (unpaired) electrons. The van der Waals surface area contributed by atoms with Crippen molar-refractivity contribution in [3.63, 3.8) is 0 Å². The van der Waals surface area contributed by atoms with Crippen molar-refractivity contribution in [2.75, 3.05) is 0 Å². The van der Waals surface area contributed by atoms with E-state index in [1.807, 2.05) is 48.6 Å². The zero-order valence-corrected chi connectivity index (χ0v) is 16.8.